The Morgan fingerprint density at radius 1 is 1.00 bits per heavy atom. The number of hydrogen-bond acceptors (Lipinski definition) is 2. The van der Waals surface area contributed by atoms with Gasteiger partial charge in [-0.05, 0) is 112 Å². The molecule has 0 radical (unpaired) electrons. The Morgan fingerprint density at radius 2 is 1.76 bits per heavy atom. The predicted octanol–water partition coefficient (Wildman–Crippen LogP) is 6.50. The third-order valence-corrected chi connectivity index (χ3v) is 10.3. The van der Waals surface area contributed by atoms with Crippen molar-refractivity contribution in [3.8, 4) is 0 Å². The van der Waals surface area contributed by atoms with E-state index in [4.69, 9.17) is 0 Å². The molecule has 4 fully saturated rings. The van der Waals surface area contributed by atoms with Crippen molar-refractivity contribution in [3.05, 3.63) is 11.1 Å². The number of allylic oxidation sites excluding steroid dienone is 2. The molecule has 29 heavy (non-hydrogen) atoms. The Balaban J connectivity index is 1.55. The summed E-state index contributed by atoms with van der Waals surface area (Å²) in [7, 11) is 0. The average molecular weight is 403 g/mol. The topological polar surface area (TPSA) is 40.5 Å². The Kier molecular flexibility index (Phi) is 6.01. The lowest BCUT2D eigenvalue weighted by Crippen LogP contribution is -2.57. The fraction of sp³-hybridized carbons (Fsp3) is 0.926. The molecule has 0 bridgehead atoms. The van der Waals surface area contributed by atoms with Gasteiger partial charge in [0, 0.05) is 0 Å². The first-order valence-corrected chi connectivity index (χ1v) is 12.7. The van der Waals surface area contributed by atoms with Gasteiger partial charge >= 0.3 is 0 Å². The van der Waals surface area contributed by atoms with Crippen LogP contribution < -0.4 is 0 Å². The van der Waals surface area contributed by atoms with Crippen molar-refractivity contribution in [2.75, 3.05) is 0 Å². The minimum Gasteiger partial charge on any atom is -0.393 e. The average Bonchev–Trinajstić information content (AvgIpc) is 3.00. The Labute approximate surface area is 179 Å². The van der Waals surface area contributed by atoms with E-state index in [2.05, 4.69) is 34.6 Å². The van der Waals surface area contributed by atoms with Crippen LogP contribution in [0.4, 0.5) is 0 Å². The largest absolute Gasteiger partial charge is 0.393 e. The molecule has 4 saturated carbocycles. The van der Waals surface area contributed by atoms with E-state index in [1.807, 2.05) is 0 Å². The molecule has 4 rings (SSSR count). The summed E-state index contributed by atoms with van der Waals surface area (Å²) in [5.74, 6) is 3.31. The number of rotatable bonds is 4. The second-order valence-electron chi connectivity index (χ2n) is 12.3. The molecular formula is C27H46O2. The fourth-order valence-electron chi connectivity index (χ4n) is 8.72. The molecule has 0 aromatic rings. The normalized spacial score (nSPS) is 48.8. The minimum absolute atomic E-state index is 0.192. The van der Waals surface area contributed by atoms with Gasteiger partial charge in [0.2, 0.25) is 0 Å². The standard InChI is InChI=1S/C27H46O2/c1-17(2)7-6-8-18(3)21-9-10-22-20-16-25(29)24-15-19(28)11-13-27(24,5)23(20)12-14-26(21,22)4/h17,19-20,22-25,28-29H,6-16H2,1-5H3/b21-18+/t19-,20-,22-,23-,24+,25-,26+,27+/m0/s1. The van der Waals surface area contributed by atoms with Crippen LogP contribution in [0.1, 0.15) is 105 Å². The van der Waals surface area contributed by atoms with Crippen LogP contribution >= 0.6 is 0 Å². The highest BCUT2D eigenvalue weighted by Gasteiger charge is 2.61. The molecule has 166 valence electrons. The quantitative estimate of drug-likeness (QED) is 0.527. The van der Waals surface area contributed by atoms with Crippen LogP contribution in [0.3, 0.4) is 0 Å². The highest BCUT2D eigenvalue weighted by molar-refractivity contribution is 5.28. The third-order valence-electron chi connectivity index (χ3n) is 10.3. The summed E-state index contributed by atoms with van der Waals surface area (Å²) < 4.78 is 0. The number of fused-ring (bicyclic) bond motifs is 5. The van der Waals surface area contributed by atoms with E-state index in [1.165, 1.54) is 44.9 Å². The third kappa shape index (κ3) is 3.65. The molecule has 0 saturated heterocycles. The lowest BCUT2D eigenvalue weighted by molar-refractivity contribution is -0.164. The van der Waals surface area contributed by atoms with E-state index in [0.717, 1.165) is 43.4 Å². The van der Waals surface area contributed by atoms with Gasteiger partial charge in [0.25, 0.3) is 0 Å². The van der Waals surface area contributed by atoms with E-state index < -0.39 is 0 Å². The van der Waals surface area contributed by atoms with Crippen molar-refractivity contribution < 1.29 is 10.2 Å². The lowest BCUT2D eigenvalue weighted by Gasteiger charge is -2.61. The van der Waals surface area contributed by atoms with E-state index in [1.54, 1.807) is 11.1 Å². The molecule has 0 unspecified atom stereocenters. The lowest BCUT2D eigenvalue weighted by atomic mass is 9.44. The van der Waals surface area contributed by atoms with Crippen molar-refractivity contribution in [3.63, 3.8) is 0 Å². The molecule has 4 aliphatic rings. The highest BCUT2D eigenvalue weighted by Crippen LogP contribution is 2.67. The summed E-state index contributed by atoms with van der Waals surface area (Å²) >= 11 is 0. The summed E-state index contributed by atoms with van der Waals surface area (Å²) in [5, 5.41) is 21.4. The molecule has 0 heterocycles. The van der Waals surface area contributed by atoms with Crippen LogP contribution in [0.2, 0.25) is 0 Å². The summed E-state index contributed by atoms with van der Waals surface area (Å²) in [5.41, 5.74) is 4.10. The van der Waals surface area contributed by atoms with Gasteiger partial charge in [0.1, 0.15) is 0 Å². The van der Waals surface area contributed by atoms with Crippen molar-refractivity contribution in [1.82, 2.24) is 0 Å². The van der Waals surface area contributed by atoms with Crippen molar-refractivity contribution in [2.24, 2.45) is 40.4 Å². The molecule has 2 heteroatoms. The zero-order chi connectivity index (χ0) is 21.0. The van der Waals surface area contributed by atoms with E-state index >= 15 is 0 Å². The summed E-state index contributed by atoms with van der Waals surface area (Å²) in [6, 6.07) is 0. The van der Waals surface area contributed by atoms with Gasteiger partial charge in [-0.3, -0.25) is 0 Å². The number of aliphatic hydroxyl groups is 2. The highest BCUT2D eigenvalue weighted by atomic mass is 16.3. The zero-order valence-electron chi connectivity index (χ0n) is 19.7. The molecule has 0 amide bonds. The van der Waals surface area contributed by atoms with E-state index in [9.17, 15) is 10.2 Å². The van der Waals surface area contributed by atoms with Crippen molar-refractivity contribution in [2.45, 2.75) is 117 Å². The molecule has 2 nitrogen and oxygen atoms in total. The Morgan fingerprint density at radius 3 is 2.48 bits per heavy atom. The SMILES string of the molecule is C/C(CCCC(C)C)=C1/CC[C@H]2[C@@H]3C[C@H](O)[C@H]4C[C@@H](O)CC[C@]4(C)[C@H]3CC[C@]12C. The predicted molar refractivity (Wildman–Crippen MR) is 121 cm³/mol. The van der Waals surface area contributed by atoms with Crippen molar-refractivity contribution >= 4 is 0 Å². The van der Waals surface area contributed by atoms with Crippen LogP contribution in [0.5, 0.6) is 0 Å². The monoisotopic (exact) mass is 402 g/mol. The van der Waals surface area contributed by atoms with Crippen molar-refractivity contribution in [1.29, 1.82) is 0 Å². The molecule has 0 aromatic heterocycles. The maximum Gasteiger partial charge on any atom is 0.0577 e. The summed E-state index contributed by atoms with van der Waals surface area (Å²) in [6.45, 7) is 12.1. The maximum atomic E-state index is 11.2. The maximum absolute atomic E-state index is 11.2. The van der Waals surface area contributed by atoms with Crippen LogP contribution in [0, 0.1) is 40.4 Å². The first kappa shape index (κ1) is 21.9. The molecular weight excluding hydrogens is 356 g/mol. The summed E-state index contributed by atoms with van der Waals surface area (Å²) in [4.78, 5) is 0. The first-order valence-electron chi connectivity index (χ1n) is 12.7. The van der Waals surface area contributed by atoms with Gasteiger partial charge in [-0.2, -0.15) is 0 Å². The van der Waals surface area contributed by atoms with Gasteiger partial charge in [-0.1, -0.05) is 45.3 Å². The van der Waals surface area contributed by atoms with Gasteiger partial charge in [-0.25, -0.2) is 0 Å². The molecule has 2 N–H and O–H groups in total. The first-order chi connectivity index (χ1) is 13.7. The van der Waals surface area contributed by atoms with Gasteiger partial charge in [0.15, 0.2) is 0 Å². The van der Waals surface area contributed by atoms with E-state index in [-0.39, 0.29) is 17.6 Å². The Hall–Kier alpha value is -0.340. The molecule has 0 spiro atoms. The van der Waals surface area contributed by atoms with Gasteiger partial charge in [-0.15, -0.1) is 0 Å². The van der Waals surface area contributed by atoms with Gasteiger partial charge in [0.05, 0.1) is 12.2 Å². The second-order valence-corrected chi connectivity index (χ2v) is 12.3. The molecule has 0 aromatic carbocycles. The summed E-state index contributed by atoms with van der Waals surface area (Å²) in [6.07, 6.45) is 12.7. The number of aliphatic hydroxyl groups excluding tert-OH is 2. The minimum atomic E-state index is -0.210. The zero-order valence-corrected chi connectivity index (χ0v) is 19.7. The second kappa shape index (κ2) is 7.97. The van der Waals surface area contributed by atoms with Crippen LogP contribution in [-0.2, 0) is 0 Å². The van der Waals surface area contributed by atoms with Gasteiger partial charge < -0.3 is 10.2 Å². The molecule has 4 aliphatic carbocycles. The molecule has 8 atom stereocenters. The Bertz CT molecular complexity index is 636. The van der Waals surface area contributed by atoms with Crippen LogP contribution in [-0.4, -0.2) is 22.4 Å². The van der Waals surface area contributed by atoms with Crippen LogP contribution in [0.25, 0.3) is 0 Å². The number of hydrogen-bond donors (Lipinski definition) is 2. The smallest absolute Gasteiger partial charge is 0.0577 e. The molecule has 0 aliphatic heterocycles. The van der Waals surface area contributed by atoms with Crippen LogP contribution in [0.15, 0.2) is 11.1 Å². The fourth-order valence-corrected chi connectivity index (χ4v) is 8.72. The van der Waals surface area contributed by atoms with E-state index in [0.29, 0.717) is 17.3 Å².